The predicted octanol–water partition coefficient (Wildman–Crippen LogP) is 2.61. The van der Waals surface area contributed by atoms with Crippen molar-refractivity contribution in [1.82, 2.24) is 9.55 Å². The molecule has 2 aromatic carbocycles. The van der Waals surface area contributed by atoms with Crippen LogP contribution < -0.4 is 15.6 Å². The van der Waals surface area contributed by atoms with E-state index in [1.807, 2.05) is 0 Å². The molecule has 1 heterocycles. The SMILES string of the molecule is COc1ccc(Cl)cc1NC(=O)Cn1cnc2cc([N+](=O)[O-])ccc2c1=O. The lowest BCUT2D eigenvalue weighted by atomic mass is 10.2. The van der Waals surface area contributed by atoms with E-state index in [2.05, 4.69) is 10.3 Å². The maximum Gasteiger partial charge on any atom is 0.271 e. The highest BCUT2D eigenvalue weighted by molar-refractivity contribution is 6.31. The number of methoxy groups -OCH3 is 1. The van der Waals surface area contributed by atoms with E-state index in [9.17, 15) is 19.7 Å². The molecule has 3 rings (SSSR count). The number of benzene rings is 2. The Kier molecular flexibility index (Phi) is 5.04. The van der Waals surface area contributed by atoms with Crippen LogP contribution >= 0.6 is 11.6 Å². The number of carbonyl (C=O) groups excluding carboxylic acids is 1. The largest absolute Gasteiger partial charge is 0.495 e. The van der Waals surface area contributed by atoms with Crippen molar-refractivity contribution in [3.63, 3.8) is 0 Å². The first-order valence-corrected chi connectivity index (χ1v) is 8.04. The van der Waals surface area contributed by atoms with Crippen LogP contribution in [0.5, 0.6) is 5.75 Å². The zero-order chi connectivity index (χ0) is 19.6. The molecule has 0 saturated carbocycles. The van der Waals surface area contributed by atoms with E-state index in [0.717, 1.165) is 4.57 Å². The molecular weight excluding hydrogens is 376 g/mol. The summed E-state index contributed by atoms with van der Waals surface area (Å²) in [5, 5.41) is 14.0. The van der Waals surface area contributed by atoms with Gasteiger partial charge in [0.15, 0.2) is 0 Å². The molecule has 1 amide bonds. The number of nitro groups is 1. The Balaban J connectivity index is 1.86. The molecule has 10 heteroatoms. The van der Waals surface area contributed by atoms with Crippen LogP contribution in [0.4, 0.5) is 11.4 Å². The van der Waals surface area contributed by atoms with Crippen LogP contribution in [0.2, 0.25) is 5.02 Å². The van der Waals surface area contributed by atoms with Crippen LogP contribution in [0.1, 0.15) is 0 Å². The van der Waals surface area contributed by atoms with Crippen LogP contribution in [0.25, 0.3) is 10.9 Å². The van der Waals surface area contributed by atoms with Gasteiger partial charge in [0.05, 0.1) is 35.0 Å². The highest BCUT2D eigenvalue weighted by Crippen LogP contribution is 2.27. The van der Waals surface area contributed by atoms with Gasteiger partial charge in [-0.1, -0.05) is 11.6 Å². The van der Waals surface area contributed by atoms with E-state index in [0.29, 0.717) is 16.5 Å². The highest BCUT2D eigenvalue weighted by atomic mass is 35.5. The zero-order valence-corrected chi connectivity index (χ0v) is 14.8. The maximum absolute atomic E-state index is 12.5. The van der Waals surface area contributed by atoms with E-state index in [1.54, 1.807) is 12.1 Å². The average molecular weight is 389 g/mol. The number of carbonyl (C=O) groups is 1. The van der Waals surface area contributed by atoms with Gasteiger partial charge in [-0.25, -0.2) is 4.98 Å². The van der Waals surface area contributed by atoms with E-state index < -0.39 is 16.4 Å². The van der Waals surface area contributed by atoms with Crippen LogP contribution in [-0.4, -0.2) is 27.5 Å². The van der Waals surface area contributed by atoms with Crippen LogP contribution in [0.15, 0.2) is 47.5 Å². The van der Waals surface area contributed by atoms with Gasteiger partial charge in [0, 0.05) is 17.2 Å². The van der Waals surface area contributed by atoms with Crippen molar-refractivity contribution in [3.8, 4) is 5.75 Å². The van der Waals surface area contributed by atoms with Crippen molar-refractivity contribution in [2.45, 2.75) is 6.54 Å². The van der Waals surface area contributed by atoms with Crippen molar-refractivity contribution in [2.75, 3.05) is 12.4 Å². The molecule has 0 saturated heterocycles. The standard InChI is InChI=1S/C17H13ClN4O5/c1-27-15-5-2-10(18)6-14(15)20-16(23)8-21-9-19-13-7-11(22(25)26)3-4-12(13)17(21)24/h2-7,9H,8H2,1H3,(H,20,23). The molecule has 0 radical (unpaired) electrons. The Hall–Kier alpha value is -3.46. The predicted molar refractivity (Wildman–Crippen MR) is 99.3 cm³/mol. The van der Waals surface area contributed by atoms with Crippen molar-refractivity contribution in [3.05, 3.63) is 68.2 Å². The number of nitrogens with zero attached hydrogens (tertiary/aromatic N) is 3. The molecule has 27 heavy (non-hydrogen) atoms. The highest BCUT2D eigenvalue weighted by Gasteiger charge is 2.13. The van der Waals surface area contributed by atoms with E-state index >= 15 is 0 Å². The van der Waals surface area contributed by atoms with Crippen molar-refractivity contribution < 1.29 is 14.5 Å². The second-order valence-electron chi connectivity index (χ2n) is 5.53. The number of nitrogens with one attached hydrogen (secondary N) is 1. The molecule has 9 nitrogen and oxygen atoms in total. The molecule has 0 spiro atoms. The minimum Gasteiger partial charge on any atom is -0.495 e. The number of aromatic nitrogens is 2. The van der Waals surface area contributed by atoms with Gasteiger partial charge in [-0.2, -0.15) is 0 Å². The van der Waals surface area contributed by atoms with Crippen LogP contribution in [0.3, 0.4) is 0 Å². The summed E-state index contributed by atoms with van der Waals surface area (Å²) < 4.78 is 6.27. The van der Waals surface area contributed by atoms with Crippen LogP contribution in [0, 0.1) is 10.1 Å². The fraction of sp³-hybridized carbons (Fsp3) is 0.118. The van der Waals surface area contributed by atoms with Crippen molar-refractivity contribution in [1.29, 1.82) is 0 Å². The Morgan fingerprint density at radius 2 is 2.11 bits per heavy atom. The van der Waals surface area contributed by atoms with Gasteiger partial charge in [-0.15, -0.1) is 0 Å². The number of hydrogen-bond acceptors (Lipinski definition) is 6. The average Bonchev–Trinajstić information content (AvgIpc) is 2.64. The Morgan fingerprint density at radius 1 is 1.33 bits per heavy atom. The third-order valence-corrected chi connectivity index (χ3v) is 4.00. The molecule has 0 bridgehead atoms. The molecule has 0 aliphatic rings. The summed E-state index contributed by atoms with van der Waals surface area (Å²) in [6.07, 6.45) is 1.17. The molecule has 0 atom stereocenters. The van der Waals surface area contributed by atoms with Gasteiger partial charge in [-0.05, 0) is 24.3 Å². The fourth-order valence-electron chi connectivity index (χ4n) is 2.50. The minimum absolute atomic E-state index is 0.169. The molecule has 3 aromatic rings. The second-order valence-corrected chi connectivity index (χ2v) is 5.97. The van der Waals surface area contributed by atoms with Gasteiger partial charge in [0.25, 0.3) is 11.2 Å². The molecule has 1 aromatic heterocycles. The summed E-state index contributed by atoms with van der Waals surface area (Å²) >= 11 is 5.92. The van der Waals surface area contributed by atoms with E-state index in [-0.39, 0.29) is 23.1 Å². The molecule has 0 unspecified atom stereocenters. The molecular formula is C17H13ClN4O5. The van der Waals surface area contributed by atoms with Gasteiger partial charge in [0.2, 0.25) is 5.91 Å². The molecule has 0 fully saturated rings. The van der Waals surface area contributed by atoms with E-state index in [4.69, 9.17) is 16.3 Å². The summed E-state index contributed by atoms with van der Waals surface area (Å²) in [7, 11) is 1.45. The fourth-order valence-corrected chi connectivity index (χ4v) is 2.67. The third-order valence-electron chi connectivity index (χ3n) is 3.77. The van der Waals surface area contributed by atoms with Gasteiger partial charge >= 0.3 is 0 Å². The topological polar surface area (TPSA) is 116 Å². The summed E-state index contributed by atoms with van der Waals surface area (Å²) in [4.78, 5) is 39.1. The first-order valence-electron chi connectivity index (χ1n) is 7.66. The number of anilines is 1. The normalized spacial score (nSPS) is 10.6. The third kappa shape index (κ3) is 3.87. The Bertz CT molecular complexity index is 1110. The Labute approximate surface area is 157 Å². The first kappa shape index (κ1) is 18.3. The number of fused-ring (bicyclic) bond motifs is 1. The molecule has 0 aliphatic carbocycles. The van der Waals surface area contributed by atoms with Crippen LogP contribution in [-0.2, 0) is 11.3 Å². The quantitative estimate of drug-likeness (QED) is 0.530. The van der Waals surface area contributed by atoms with Gasteiger partial charge in [-0.3, -0.25) is 24.3 Å². The Morgan fingerprint density at radius 3 is 2.81 bits per heavy atom. The lowest BCUT2D eigenvalue weighted by molar-refractivity contribution is -0.384. The zero-order valence-electron chi connectivity index (χ0n) is 14.0. The van der Waals surface area contributed by atoms with E-state index in [1.165, 1.54) is 37.7 Å². The molecule has 1 N–H and O–H groups in total. The number of hydrogen-bond donors (Lipinski definition) is 1. The number of ether oxygens (including phenoxy) is 1. The lowest BCUT2D eigenvalue weighted by Crippen LogP contribution is -2.28. The monoisotopic (exact) mass is 388 g/mol. The summed E-state index contributed by atoms with van der Waals surface area (Å²) in [6.45, 7) is -0.297. The number of amides is 1. The maximum atomic E-state index is 12.5. The van der Waals surface area contributed by atoms with Crippen molar-refractivity contribution in [2.24, 2.45) is 0 Å². The lowest BCUT2D eigenvalue weighted by Gasteiger charge is -2.11. The summed E-state index contributed by atoms with van der Waals surface area (Å²) in [5.41, 5.74) is -0.101. The number of non-ortho nitro benzene ring substituents is 1. The van der Waals surface area contributed by atoms with Gasteiger partial charge < -0.3 is 10.1 Å². The van der Waals surface area contributed by atoms with Crippen molar-refractivity contribution >= 4 is 39.8 Å². The second kappa shape index (κ2) is 7.42. The number of rotatable bonds is 5. The molecule has 0 aliphatic heterocycles. The smallest absolute Gasteiger partial charge is 0.271 e. The first-order chi connectivity index (χ1) is 12.9. The summed E-state index contributed by atoms with van der Waals surface area (Å²) in [5.74, 6) is -0.0650. The summed E-state index contributed by atoms with van der Waals surface area (Å²) in [6, 6.07) is 8.49. The minimum atomic E-state index is -0.571. The molecule has 138 valence electrons. The number of nitro benzene ring substituents is 1. The van der Waals surface area contributed by atoms with Gasteiger partial charge in [0.1, 0.15) is 12.3 Å². The number of halogens is 1.